The molecule has 1 heterocycles. The first-order valence-electron chi connectivity index (χ1n) is 11.2. The Morgan fingerprint density at radius 3 is 2.43 bits per heavy atom. The maximum absolute atomic E-state index is 13.6. The molecule has 0 aromatic heterocycles. The number of nitro benzene ring substituents is 1. The van der Waals surface area contributed by atoms with Crippen LogP contribution in [-0.2, 0) is 20.9 Å². The number of carbonyl (C=O) groups is 4. The molecule has 3 aromatic rings. The molecule has 0 bridgehead atoms. The van der Waals surface area contributed by atoms with E-state index in [-0.39, 0.29) is 35.8 Å². The van der Waals surface area contributed by atoms with Crippen LogP contribution in [0, 0.1) is 10.1 Å². The molecule has 37 heavy (non-hydrogen) atoms. The van der Waals surface area contributed by atoms with Crippen LogP contribution < -0.4 is 10.2 Å². The fourth-order valence-corrected chi connectivity index (χ4v) is 4.28. The van der Waals surface area contributed by atoms with Crippen molar-refractivity contribution in [3.05, 3.63) is 99.1 Å². The fourth-order valence-electron chi connectivity index (χ4n) is 4.08. The Labute approximate surface area is 216 Å². The molecule has 0 aliphatic carbocycles. The topological polar surface area (TPSA) is 130 Å². The lowest BCUT2D eigenvalue weighted by molar-refractivity contribution is -0.384. The van der Waals surface area contributed by atoms with Gasteiger partial charge in [-0.15, -0.1) is 0 Å². The molecule has 3 aromatic carbocycles. The molecule has 1 atom stereocenters. The number of hydrogen-bond donors (Lipinski definition) is 1. The Balaban J connectivity index is 1.69. The van der Waals surface area contributed by atoms with Gasteiger partial charge >= 0.3 is 0 Å². The second-order valence-electron chi connectivity index (χ2n) is 8.35. The van der Waals surface area contributed by atoms with Crippen LogP contribution in [0.15, 0.2) is 72.8 Å². The number of nitro groups is 1. The van der Waals surface area contributed by atoms with Crippen LogP contribution in [0.1, 0.15) is 29.3 Å². The molecule has 188 valence electrons. The highest BCUT2D eigenvalue weighted by atomic mass is 35.5. The van der Waals surface area contributed by atoms with Crippen LogP contribution in [-0.4, -0.2) is 39.5 Å². The van der Waals surface area contributed by atoms with E-state index in [0.29, 0.717) is 16.3 Å². The molecule has 1 N–H and O–H groups in total. The lowest BCUT2D eigenvalue weighted by atomic mass is 10.1. The smallest absolute Gasteiger partial charge is 0.270 e. The van der Waals surface area contributed by atoms with Gasteiger partial charge in [-0.25, -0.2) is 4.90 Å². The molecule has 0 saturated carbocycles. The SMILES string of the molecule is CC(=O)Nc1ccc(N2C(=O)CC(N(Cc3ccccc3Cl)C(=O)c3cccc([N+](=O)[O-])c3)C2=O)cc1. The van der Waals surface area contributed by atoms with Crippen molar-refractivity contribution in [2.75, 3.05) is 10.2 Å². The Bertz CT molecular complexity index is 1410. The largest absolute Gasteiger partial charge is 0.326 e. The van der Waals surface area contributed by atoms with E-state index in [0.717, 1.165) is 11.0 Å². The number of hydrogen-bond acceptors (Lipinski definition) is 6. The third-order valence-electron chi connectivity index (χ3n) is 5.81. The Hall–Kier alpha value is -4.57. The van der Waals surface area contributed by atoms with Crippen molar-refractivity contribution in [3.63, 3.8) is 0 Å². The van der Waals surface area contributed by atoms with Gasteiger partial charge in [-0.2, -0.15) is 0 Å². The van der Waals surface area contributed by atoms with Crippen LogP contribution in [0.4, 0.5) is 17.1 Å². The van der Waals surface area contributed by atoms with Crippen LogP contribution in [0.25, 0.3) is 0 Å². The number of carbonyl (C=O) groups excluding carboxylic acids is 4. The molecular formula is C26H21ClN4O6. The Morgan fingerprint density at radius 2 is 1.78 bits per heavy atom. The summed E-state index contributed by atoms with van der Waals surface area (Å²) in [7, 11) is 0. The maximum atomic E-state index is 13.6. The van der Waals surface area contributed by atoms with Gasteiger partial charge in [0.05, 0.1) is 17.0 Å². The van der Waals surface area contributed by atoms with Crippen molar-refractivity contribution in [1.29, 1.82) is 0 Å². The van der Waals surface area contributed by atoms with Gasteiger partial charge in [0, 0.05) is 41.9 Å². The van der Waals surface area contributed by atoms with E-state index < -0.39 is 28.7 Å². The molecule has 4 rings (SSSR count). The Kier molecular flexibility index (Phi) is 7.30. The summed E-state index contributed by atoms with van der Waals surface area (Å²) in [6.45, 7) is 1.26. The van der Waals surface area contributed by atoms with Gasteiger partial charge < -0.3 is 10.2 Å². The lowest BCUT2D eigenvalue weighted by Gasteiger charge is -2.28. The highest BCUT2D eigenvalue weighted by Crippen LogP contribution is 2.30. The summed E-state index contributed by atoms with van der Waals surface area (Å²) in [4.78, 5) is 64.2. The zero-order valence-electron chi connectivity index (χ0n) is 19.6. The third-order valence-corrected chi connectivity index (χ3v) is 6.18. The van der Waals surface area contributed by atoms with Crippen molar-refractivity contribution < 1.29 is 24.1 Å². The second-order valence-corrected chi connectivity index (χ2v) is 8.75. The quantitative estimate of drug-likeness (QED) is 0.282. The monoisotopic (exact) mass is 520 g/mol. The molecule has 1 saturated heterocycles. The van der Waals surface area contributed by atoms with Crippen molar-refractivity contribution in [2.24, 2.45) is 0 Å². The minimum Gasteiger partial charge on any atom is -0.326 e. The average Bonchev–Trinajstić information content (AvgIpc) is 3.16. The van der Waals surface area contributed by atoms with Gasteiger partial charge in [0.1, 0.15) is 6.04 Å². The zero-order chi connectivity index (χ0) is 26.7. The van der Waals surface area contributed by atoms with Crippen LogP contribution in [0.2, 0.25) is 5.02 Å². The van der Waals surface area contributed by atoms with E-state index in [1.165, 1.54) is 42.2 Å². The third kappa shape index (κ3) is 5.49. The summed E-state index contributed by atoms with van der Waals surface area (Å²) in [6.07, 6.45) is -0.280. The molecule has 4 amide bonds. The first kappa shape index (κ1) is 25.5. The lowest BCUT2D eigenvalue weighted by Crippen LogP contribution is -2.45. The number of benzene rings is 3. The molecule has 10 nitrogen and oxygen atoms in total. The number of imide groups is 1. The van der Waals surface area contributed by atoms with E-state index >= 15 is 0 Å². The number of nitrogens with one attached hydrogen (secondary N) is 1. The highest BCUT2D eigenvalue weighted by molar-refractivity contribution is 6.31. The molecule has 1 unspecified atom stereocenters. The van der Waals surface area contributed by atoms with Gasteiger partial charge in [-0.1, -0.05) is 35.9 Å². The molecule has 1 aliphatic heterocycles. The fraction of sp³-hybridized carbons (Fsp3) is 0.154. The predicted octanol–water partition coefficient (Wildman–Crippen LogP) is 4.18. The van der Waals surface area contributed by atoms with Crippen LogP contribution >= 0.6 is 11.6 Å². The number of nitrogens with zero attached hydrogens (tertiary/aromatic N) is 3. The normalized spacial score (nSPS) is 15.0. The van der Waals surface area contributed by atoms with Crippen molar-refractivity contribution in [2.45, 2.75) is 25.9 Å². The van der Waals surface area contributed by atoms with E-state index in [2.05, 4.69) is 5.32 Å². The standard InChI is InChI=1S/C26H21ClN4O6/c1-16(32)28-19-9-11-20(12-10-19)30-24(33)14-23(26(30)35)29(15-18-5-2-3-8-22(18)27)25(34)17-6-4-7-21(13-17)31(36)37/h2-13,23H,14-15H2,1H3,(H,28,32). The molecule has 1 aliphatic rings. The molecule has 0 radical (unpaired) electrons. The van der Waals surface area contributed by atoms with Gasteiger partial charge in [-0.3, -0.25) is 29.3 Å². The van der Waals surface area contributed by atoms with E-state index in [9.17, 15) is 29.3 Å². The van der Waals surface area contributed by atoms with E-state index in [1.807, 2.05) is 0 Å². The van der Waals surface area contributed by atoms with E-state index in [1.54, 1.807) is 36.4 Å². The second kappa shape index (κ2) is 10.6. The van der Waals surface area contributed by atoms with Gasteiger partial charge in [0.25, 0.3) is 17.5 Å². The van der Waals surface area contributed by atoms with Crippen LogP contribution in [0.5, 0.6) is 0 Å². The first-order chi connectivity index (χ1) is 17.7. The first-order valence-corrected chi connectivity index (χ1v) is 11.6. The Morgan fingerprint density at radius 1 is 1.08 bits per heavy atom. The van der Waals surface area contributed by atoms with Gasteiger partial charge in [-0.05, 0) is 42.0 Å². The van der Waals surface area contributed by atoms with Crippen molar-refractivity contribution in [3.8, 4) is 0 Å². The minimum absolute atomic E-state index is 0.000359. The van der Waals surface area contributed by atoms with Crippen LogP contribution in [0.3, 0.4) is 0 Å². The average molecular weight is 521 g/mol. The number of anilines is 2. The van der Waals surface area contributed by atoms with E-state index in [4.69, 9.17) is 11.6 Å². The zero-order valence-corrected chi connectivity index (χ0v) is 20.3. The number of halogens is 1. The number of non-ortho nitro benzene ring substituents is 1. The summed E-state index contributed by atoms with van der Waals surface area (Å²) in [6, 6.07) is 16.9. The van der Waals surface area contributed by atoms with Crippen molar-refractivity contribution in [1.82, 2.24) is 4.90 Å². The molecule has 0 spiro atoms. The van der Waals surface area contributed by atoms with Gasteiger partial charge in [0.15, 0.2) is 0 Å². The summed E-state index contributed by atoms with van der Waals surface area (Å²) < 4.78 is 0. The minimum atomic E-state index is -1.16. The highest BCUT2D eigenvalue weighted by Gasteiger charge is 2.44. The summed E-state index contributed by atoms with van der Waals surface area (Å²) >= 11 is 6.31. The molecule has 1 fully saturated rings. The van der Waals surface area contributed by atoms with Gasteiger partial charge in [0.2, 0.25) is 11.8 Å². The maximum Gasteiger partial charge on any atom is 0.270 e. The molecular weight excluding hydrogens is 500 g/mol. The number of rotatable bonds is 7. The summed E-state index contributed by atoms with van der Waals surface area (Å²) in [5.41, 5.74) is 1.04. The molecule has 11 heteroatoms. The summed E-state index contributed by atoms with van der Waals surface area (Å²) in [5, 5.41) is 14.2. The number of amides is 4. The van der Waals surface area contributed by atoms with Crippen molar-refractivity contribution >= 4 is 52.3 Å². The summed E-state index contributed by atoms with van der Waals surface area (Å²) in [5.74, 6) is -2.06. The predicted molar refractivity (Wildman–Crippen MR) is 136 cm³/mol.